The van der Waals surface area contributed by atoms with Crippen molar-refractivity contribution < 1.29 is 18.3 Å². The van der Waals surface area contributed by atoms with Crippen molar-refractivity contribution in [3.05, 3.63) is 30.0 Å². The molecule has 16 heavy (non-hydrogen) atoms. The quantitative estimate of drug-likeness (QED) is 0.815. The van der Waals surface area contributed by atoms with E-state index in [1.165, 1.54) is 17.8 Å². The van der Waals surface area contributed by atoms with Gasteiger partial charge in [0.2, 0.25) is 0 Å². The third-order valence-electron chi connectivity index (χ3n) is 2.36. The molecule has 3 nitrogen and oxygen atoms in total. The fraction of sp³-hybridized carbons (Fsp3) is 0.300. The molecule has 0 aliphatic heterocycles. The molecule has 1 unspecified atom stereocenters. The van der Waals surface area contributed by atoms with Crippen LogP contribution < -0.4 is 0 Å². The number of nitrogens with zero attached hydrogens (tertiary/aromatic N) is 2. The number of benzene rings is 1. The van der Waals surface area contributed by atoms with Crippen molar-refractivity contribution in [3.8, 4) is 0 Å². The lowest BCUT2D eigenvalue weighted by Crippen LogP contribution is -2.21. The van der Waals surface area contributed by atoms with E-state index < -0.39 is 12.3 Å². The van der Waals surface area contributed by atoms with Crippen molar-refractivity contribution in [1.29, 1.82) is 0 Å². The minimum absolute atomic E-state index is 0.315. The van der Waals surface area contributed by atoms with Gasteiger partial charge in [0.05, 0.1) is 5.52 Å². The monoisotopic (exact) mass is 230 g/mol. The van der Waals surface area contributed by atoms with Crippen LogP contribution in [0.5, 0.6) is 0 Å². The van der Waals surface area contributed by atoms with E-state index in [1.54, 1.807) is 18.2 Å². The number of hydrogen-bond acceptors (Lipinski definition) is 2. The Hall–Kier alpha value is -1.56. The van der Waals surface area contributed by atoms with E-state index in [4.69, 9.17) is 5.11 Å². The molecule has 0 radical (unpaired) electrons. The molecule has 86 valence electrons. The van der Waals surface area contributed by atoms with Gasteiger partial charge in [-0.25, -0.2) is 0 Å². The molecule has 0 amide bonds. The zero-order chi connectivity index (χ0) is 11.9. The minimum atomic E-state index is -4.70. The predicted octanol–water partition coefficient (Wildman–Crippen LogP) is 2.17. The summed E-state index contributed by atoms with van der Waals surface area (Å²) in [6, 6.07) is 6.46. The van der Waals surface area contributed by atoms with Gasteiger partial charge in [0.1, 0.15) is 5.69 Å². The maximum absolute atomic E-state index is 12.4. The van der Waals surface area contributed by atoms with Crippen LogP contribution in [0.4, 0.5) is 13.2 Å². The fourth-order valence-electron chi connectivity index (χ4n) is 1.60. The summed E-state index contributed by atoms with van der Waals surface area (Å²) in [6.45, 7) is 0. The maximum Gasteiger partial charge on any atom is 0.420 e. The standard InChI is InChI=1S/C10H9F3N2O/c1-15-7-5-3-2-4-6(7)8(14-15)9(16)10(11,12)13/h2-5,9,16H,1H3. The molecular formula is C10H9F3N2O. The second-order valence-electron chi connectivity index (χ2n) is 3.47. The number of alkyl halides is 3. The van der Waals surface area contributed by atoms with E-state index in [0.717, 1.165) is 0 Å². The van der Waals surface area contributed by atoms with Crippen LogP contribution in [0.15, 0.2) is 24.3 Å². The van der Waals surface area contributed by atoms with Gasteiger partial charge in [-0.2, -0.15) is 18.3 Å². The Morgan fingerprint density at radius 1 is 1.31 bits per heavy atom. The first-order valence-corrected chi connectivity index (χ1v) is 4.57. The predicted molar refractivity (Wildman–Crippen MR) is 51.7 cm³/mol. The number of aliphatic hydroxyl groups excluding tert-OH is 1. The average molecular weight is 230 g/mol. The molecule has 0 saturated carbocycles. The van der Waals surface area contributed by atoms with Crippen molar-refractivity contribution in [2.75, 3.05) is 0 Å². The third kappa shape index (κ3) is 1.65. The number of para-hydroxylation sites is 1. The Labute approximate surface area is 89.1 Å². The van der Waals surface area contributed by atoms with Gasteiger partial charge in [-0.15, -0.1) is 0 Å². The molecule has 0 spiro atoms. The Morgan fingerprint density at radius 3 is 2.56 bits per heavy atom. The van der Waals surface area contributed by atoms with Crippen LogP contribution in [-0.2, 0) is 7.05 Å². The number of aliphatic hydroxyl groups is 1. The number of hydrogen-bond donors (Lipinski definition) is 1. The van der Waals surface area contributed by atoms with Gasteiger partial charge in [0, 0.05) is 12.4 Å². The zero-order valence-corrected chi connectivity index (χ0v) is 8.36. The summed E-state index contributed by atoms with van der Waals surface area (Å²) in [5.74, 6) is 0. The molecule has 1 atom stereocenters. The summed E-state index contributed by atoms with van der Waals surface area (Å²) in [4.78, 5) is 0. The summed E-state index contributed by atoms with van der Waals surface area (Å²) in [5, 5.41) is 13.2. The summed E-state index contributed by atoms with van der Waals surface area (Å²) in [5.41, 5.74) is 0.200. The second-order valence-corrected chi connectivity index (χ2v) is 3.47. The number of aryl methyl sites for hydroxylation is 1. The van der Waals surface area contributed by atoms with E-state index in [9.17, 15) is 13.2 Å². The number of aromatic nitrogens is 2. The van der Waals surface area contributed by atoms with Crippen LogP contribution in [0.1, 0.15) is 11.8 Å². The first kappa shape index (κ1) is 10.9. The second kappa shape index (κ2) is 3.48. The Balaban J connectivity index is 2.62. The molecule has 1 heterocycles. The van der Waals surface area contributed by atoms with Gasteiger partial charge in [-0.05, 0) is 6.07 Å². The minimum Gasteiger partial charge on any atom is -0.378 e. The third-order valence-corrected chi connectivity index (χ3v) is 2.36. The fourth-order valence-corrected chi connectivity index (χ4v) is 1.60. The van der Waals surface area contributed by atoms with Gasteiger partial charge in [-0.1, -0.05) is 18.2 Å². The Morgan fingerprint density at radius 2 is 1.94 bits per heavy atom. The largest absolute Gasteiger partial charge is 0.420 e. The van der Waals surface area contributed by atoms with E-state index in [2.05, 4.69) is 5.10 Å². The van der Waals surface area contributed by atoms with Gasteiger partial charge in [-0.3, -0.25) is 4.68 Å². The van der Waals surface area contributed by atoms with Gasteiger partial charge < -0.3 is 5.11 Å². The SMILES string of the molecule is Cn1nc(C(O)C(F)(F)F)c2ccccc21. The molecule has 0 aliphatic carbocycles. The van der Waals surface area contributed by atoms with Crippen molar-refractivity contribution in [2.45, 2.75) is 12.3 Å². The highest BCUT2D eigenvalue weighted by molar-refractivity contribution is 5.82. The van der Waals surface area contributed by atoms with Crippen molar-refractivity contribution in [3.63, 3.8) is 0 Å². The Kier molecular flexibility index (Phi) is 2.38. The summed E-state index contributed by atoms with van der Waals surface area (Å²) < 4.78 is 38.4. The smallest absolute Gasteiger partial charge is 0.378 e. The van der Waals surface area contributed by atoms with Crippen LogP contribution in [0.3, 0.4) is 0 Å². The lowest BCUT2D eigenvalue weighted by atomic mass is 10.1. The number of rotatable bonds is 1. The molecule has 0 bridgehead atoms. The Bertz CT molecular complexity index is 518. The summed E-state index contributed by atoms with van der Waals surface area (Å²) >= 11 is 0. The number of halogens is 3. The van der Waals surface area contributed by atoms with Crippen molar-refractivity contribution in [1.82, 2.24) is 9.78 Å². The van der Waals surface area contributed by atoms with Crippen molar-refractivity contribution in [2.24, 2.45) is 7.05 Å². The highest BCUT2D eigenvalue weighted by Crippen LogP contribution is 2.35. The maximum atomic E-state index is 12.4. The van der Waals surface area contributed by atoms with Crippen LogP contribution in [0.25, 0.3) is 10.9 Å². The summed E-state index contributed by atoms with van der Waals surface area (Å²) in [6.07, 6.45) is -7.24. The molecule has 0 saturated heterocycles. The lowest BCUT2D eigenvalue weighted by molar-refractivity contribution is -0.207. The van der Waals surface area contributed by atoms with Crippen molar-refractivity contribution >= 4 is 10.9 Å². The molecule has 2 rings (SSSR count). The van der Waals surface area contributed by atoms with Gasteiger partial charge in [0.15, 0.2) is 6.10 Å². The average Bonchev–Trinajstić information content (AvgIpc) is 2.55. The molecule has 2 aromatic rings. The molecule has 6 heteroatoms. The first-order chi connectivity index (χ1) is 7.41. The summed E-state index contributed by atoms with van der Waals surface area (Å²) in [7, 11) is 1.54. The molecule has 0 aliphatic rings. The molecule has 1 aromatic carbocycles. The topological polar surface area (TPSA) is 38.0 Å². The van der Waals surface area contributed by atoms with Gasteiger partial charge >= 0.3 is 6.18 Å². The van der Waals surface area contributed by atoms with E-state index in [-0.39, 0.29) is 5.69 Å². The van der Waals surface area contributed by atoms with E-state index >= 15 is 0 Å². The van der Waals surface area contributed by atoms with Crippen LogP contribution in [0.2, 0.25) is 0 Å². The van der Waals surface area contributed by atoms with Crippen LogP contribution >= 0.6 is 0 Å². The molecular weight excluding hydrogens is 221 g/mol. The molecule has 1 aromatic heterocycles. The molecule has 0 fully saturated rings. The number of fused-ring (bicyclic) bond motifs is 1. The van der Waals surface area contributed by atoms with E-state index in [1.807, 2.05) is 0 Å². The highest BCUT2D eigenvalue weighted by Gasteiger charge is 2.42. The zero-order valence-electron chi connectivity index (χ0n) is 8.36. The van der Waals surface area contributed by atoms with Gasteiger partial charge in [0.25, 0.3) is 0 Å². The lowest BCUT2D eigenvalue weighted by Gasteiger charge is -2.12. The van der Waals surface area contributed by atoms with E-state index in [0.29, 0.717) is 10.9 Å². The van der Waals surface area contributed by atoms with Crippen LogP contribution in [-0.4, -0.2) is 21.1 Å². The first-order valence-electron chi connectivity index (χ1n) is 4.57. The highest BCUT2D eigenvalue weighted by atomic mass is 19.4. The molecule has 1 N–H and O–H groups in total. The van der Waals surface area contributed by atoms with Crippen LogP contribution in [0, 0.1) is 0 Å². The normalized spacial score (nSPS) is 14.3.